The van der Waals surface area contributed by atoms with E-state index in [1.54, 1.807) is 0 Å². The number of carbonyl (C=O) groups is 1. The third kappa shape index (κ3) is 6.04. The molecule has 1 saturated heterocycles. The molecule has 0 atom stereocenters. The van der Waals surface area contributed by atoms with E-state index in [4.69, 9.17) is 10.5 Å². The largest absolute Gasteiger partial charge is 0.381 e. The number of rotatable bonds is 6. The summed E-state index contributed by atoms with van der Waals surface area (Å²) in [5.74, 6) is 0.706. The van der Waals surface area contributed by atoms with E-state index in [0.29, 0.717) is 25.4 Å². The number of halogens is 1. The molecule has 0 spiro atoms. The first-order valence-electron chi connectivity index (χ1n) is 7.39. The normalized spacial score (nSPS) is 15.3. The summed E-state index contributed by atoms with van der Waals surface area (Å²) in [6, 6.07) is 10.1. The zero-order valence-electron chi connectivity index (χ0n) is 12.4. The van der Waals surface area contributed by atoms with E-state index in [-0.39, 0.29) is 18.3 Å². The molecule has 1 aliphatic heterocycles. The average molecular weight is 313 g/mol. The van der Waals surface area contributed by atoms with Gasteiger partial charge in [0.1, 0.15) is 0 Å². The molecule has 0 radical (unpaired) electrons. The van der Waals surface area contributed by atoms with E-state index in [9.17, 15) is 4.79 Å². The first kappa shape index (κ1) is 18.0. The number of amides is 1. The number of ether oxygens (including phenoxy) is 1. The molecule has 1 fully saturated rings. The van der Waals surface area contributed by atoms with E-state index in [1.165, 1.54) is 5.56 Å². The summed E-state index contributed by atoms with van der Waals surface area (Å²) in [6.45, 7) is 3.54. The fourth-order valence-electron chi connectivity index (χ4n) is 2.58. The Morgan fingerprint density at radius 2 is 1.90 bits per heavy atom. The predicted molar refractivity (Wildman–Crippen MR) is 86.3 cm³/mol. The highest BCUT2D eigenvalue weighted by molar-refractivity contribution is 5.85. The lowest BCUT2D eigenvalue weighted by atomic mass is 9.99. The van der Waals surface area contributed by atoms with Crippen molar-refractivity contribution in [1.29, 1.82) is 0 Å². The highest BCUT2D eigenvalue weighted by atomic mass is 35.5. The number of nitrogens with zero attached hydrogens (tertiary/aromatic N) is 1. The Hall–Kier alpha value is -1.10. The molecule has 118 valence electrons. The summed E-state index contributed by atoms with van der Waals surface area (Å²) in [5, 5.41) is 0. The molecule has 0 aromatic heterocycles. The van der Waals surface area contributed by atoms with Gasteiger partial charge in [0.15, 0.2) is 0 Å². The van der Waals surface area contributed by atoms with Crippen molar-refractivity contribution >= 4 is 18.3 Å². The first-order chi connectivity index (χ1) is 9.79. The fraction of sp³-hybridized carbons (Fsp3) is 0.562. The van der Waals surface area contributed by atoms with Crippen LogP contribution in [-0.2, 0) is 16.1 Å². The molecule has 1 aliphatic rings. The third-order valence-electron chi connectivity index (χ3n) is 3.75. The van der Waals surface area contributed by atoms with Gasteiger partial charge in [-0.05, 0) is 24.3 Å². The van der Waals surface area contributed by atoms with E-state index < -0.39 is 0 Å². The summed E-state index contributed by atoms with van der Waals surface area (Å²) < 4.78 is 5.38. The van der Waals surface area contributed by atoms with Crippen molar-refractivity contribution in [3.63, 3.8) is 0 Å². The second kappa shape index (κ2) is 9.77. The Labute approximate surface area is 133 Å². The van der Waals surface area contributed by atoms with Gasteiger partial charge in [-0.2, -0.15) is 0 Å². The van der Waals surface area contributed by atoms with Gasteiger partial charge in [-0.1, -0.05) is 30.3 Å². The minimum absolute atomic E-state index is 0. The maximum atomic E-state index is 12.2. The number of benzene rings is 1. The summed E-state index contributed by atoms with van der Waals surface area (Å²) >= 11 is 0. The number of hydrogen-bond acceptors (Lipinski definition) is 3. The number of nitrogens with two attached hydrogens (primary N) is 1. The second-order valence-corrected chi connectivity index (χ2v) is 5.35. The highest BCUT2D eigenvalue weighted by Crippen LogP contribution is 2.18. The van der Waals surface area contributed by atoms with Gasteiger partial charge in [0.25, 0.3) is 0 Å². The number of carbonyl (C=O) groups excluding carboxylic acids is 1. The molecule has 1 aromatic carbocycles. The van der Waals surface area contributed by atoms with E-state index in [2.05, 4.69) is 12.1 Å². The summed E-state index contributed by atoms with van der Waals surface area (Å²) in [5.41, 5.74) is 6.70. The first-order valence-corrected chi connectivity index (χ1v) is 7.39. The van der Waals surface area contributed by atoms with E-state index >= 15 is 0 Å². The Balaban J connectivity index is 0.00000220. The Bertz CT molecular complexity index is 408. The minimum atomic E-state index is 0. The van der Waals surface area contributed by atoms with Gasteiger partial charge in [0.05, 0.1) is 0 Å². The third-order valence-corrected chi connectivity index (χ3v) is 3.75. The summed E-state index contributed by atoms with van der Waals surface area (Å²) in [6.07, 6.45) is 2.51. The van der Waals surface area contributed by atoms with Crippen LogP contribution in [0, 0.1) is 5.92 Å². The molecule has 2 N–H and O–H groups in total. The molecular weight excluding hydrogens is 288 g/mol. The second-order valence-electron chi connectivity index (χ2n) is 5.35. The van der Waals surface area contributed by atoms with Crippen LogP contribution in [0.4, 0.5) is 0 Å². The minimum Gasteiger partial charge on any atom is -0.381 e. The quantitative estimate of drug-likeness (QED) is 0.876. The SMILES string of the molecule is Cl.NCCC(=O)N(Cc1ccccc1)CC1CCOCC1. The van der Waals surface area contributed by atoms with E-state index in [0.717, 1.165) is 32.6 Å². The lowest BCUT2D eigenvalue weighted by molar-refractivity contribution is -0.132. The smallest absolute Gasteiger partial charge is 0.224 e. The van der Waals surface area contributed by atoms with Crippen molar-refractivity contribution in [2.75, 3.05) is 26.3 Å². The molecule has 1 aromatic rings. The summed E-state index contributed by atoms with van der Waals surface area (Å²) in [4.78, 5) is 14.2. The van der Waals surface area contributed by atoms with Gasteiger partial charge >= 0.3 is 0 Å². The Kier molecular flexibility index (Phi) is 8.35. The predicted octanol–water partition coefficient (Wildman–Crippen LogP) is 2.21. The van der Waals surface area contributed by atoms with Crippen LogP contribution in [-0.4, -0.2) is 37.1 Å². The molecule has 4 nitrogen and oxygen atoms in total. The van der Waals surface area contributed by atoms with Crippen LogP contribution in [0.1, 0.15) is 24.8 Å². The lowest BCUT2D eigenvalue weighted by Crippen LogP contribution is -2.37. The highest BCUT2D eigenvalue weighted by Gasteiger charge is 2.20. The molecule has 21 heavy (non-hydrogen) atoms. The van der Waals surface area contributed by atoms with Crippen LogP contribution in [0.5, 0.6) is 0 Å². The average Bonchev–Trinajstić information content (AvgIpc) is 2.49. The zero-order valence-corrected chi connectivity index (χ0v) is 13.2. The van der Waals surface area contributed by atoms with Gasteiger partial charge in [-0.25, -0.2) is 0 Å². The van der Waals surface area contributed by atoms with Crippen LogP contribution in [0.3, 0.4) is 0 Å². The van der Waals surface area contributed by atoms with Crippen molar-refractivity contribution in [3.05, 3.63) is 35.9 Å². The lowest BCUT2D eigenvalue weighted by Gasteiger charge is -2.30. The van der Waals surface area contributed by atoms with Crippen LogP contribution >= 0.6 is 12.4 Å². The topological polar surface area (TPSA) is 55.6 Å². The van der Waals surface area contributed by atoms with Crippen molar-refractivity contribution < 1.29 is 9.53 Å². The van der Waals surface area contributed by atoms with Crippen molar-refractivity contribution in [3.8, 4) is 0 Å². The van der Waals surface area contributed by atoms with Crippen LogP contribution in [0.25, 0.3) is 0 Å². The zero-order chi connectivity index (χ0) is 14.2. The monoisotopic (exact) mass is 312 g/mol. The number of hydrogen-bond donors (Lipinski definition) is 1. The van der Waals surface area contributed by atoms with Crippen molar-refractivity contribution in [2.24, 2.45) is 11.7 Å². The van der Waals surface area contributed by atoms with Gasteiger partial charge in [0.2, 0.25) is 5.91 Å². The molecule has 0 unspecified atom stereocenters. The molecular formula is C16H25ClN2O2. The standard InChI is InChI=1S/C16H24N2O2.ClH/c17-9-6-16(19)18(12-14-4-2-1-3-5-14)13-15-7-10-20-11-8-15;/h1-5,15H,6-13,17H2;1H. The molecule has 1 heterocycles. The van der Waals surface area contributed by atoms with Crippen molar-refractivity contribution in [2.45, 2.75) is 25.8 Å². The molecule has 0 aliphatic carbocycles. The molecule has 0 bridgehead atoms. The van der Waals surface area contributed by atoms with Crippen LogP contribution in [0.15, 0.2) is 30.3 Å². The van der Waals surface area contributed by atoms with Gasteiger partial charge in [-0.3, -0.25) is 4.79 Å². The Morgan fingerprint density at radius 3 is 2.52 bits per heavy atom. The maximum Gasteiger partial charge on any atom is 0.224 e. The van der Waals surface area contributed by atoms with Gasteiger partial charge < -0.3 is 15.4 Å². The van der Waals surface area contributed by atoms with Gasteiger partial charge in [-0.15, -0.1) is 12.4 Å². The van der Waals surface area contributed by atoms with Crippen molar-refractivity contribution in [1.82, 2.24) is 4.90 Å². The molecule has 5 heteroatoms. The Morgan fingerprint density at radius 1 is 1.24 bits per heavy atom. The molecule has 0 saturated carbocycles. The van der Waals surface area contributed by atoms with Gasteiger partial charge in [0, 0.05) is 39.3 Å². The maximum absolute atomic E-state index is 12.2. The van der Waals surface area contributed by atoms with E-state index in [1.807, 2.05) is 23.1 Å². The molecule has 2 rings (SSSR count). The molecule has 1 amide bonds. The van der Waals surface area contributed by atoms with Crippen LogP contribution < -0.4 is 5.73 Å². The summed E-state index contributed by atoms with van der Waals surface area (Å²) in [7, 11) is 0. The van der Waals surface area contributed by atoms with Crippen LogP contribution in [0.2, 0.25) is 0 Å². The fourth-order valence-corrected chi connectivity index (χ4v) is 2.58.